The summed E-state index contributed by atoms with van der Waals surface area (Å²) in [5, 5.41) is 8.81. The van der Waals surface area contributed by atoms with Gasteiger partial charge in [0.1, 0.15) is 0 Å². The first-order chi connectivity index (χ1) is 7.37. The van der Waals surface area contributed by atoms with Crippen molar-refractivity contribution in [2.24, 2.45) is 0 Å². The summed E-state index contributed by atoms with van der Waals surface area (Å²) in [6, 6.07) is 0.589. The number of hydrogen-bond acceptors (Lipinski definition) is 4. The molecule has 90 valence electrons. The molecule has 0 amide bonds. The van der Waals surface area contributed by atoms with E-state index in [-0.39, 0.29) is 11.4 Å². The normalized spacial score (nSPS) is 11.3. The van der Waals surface area contributed by atoms with Crippen molar-refractivity contribution >= 4 is 0 Å². The molecule has 1 rings (SSSR count). The number of aromatic nitrogens is 1. The van der Waals surface area contributed by atoms with Crippen molar-refractivity contribution in [2.45, 2.75) is 13.0 Å². The van der Waals surface area contributed by atoms with E-state index in [2.05, 4.69) is 14.5 Å². The number of ether oxygens (including phenoxy) is 2. The summed E-state index contributed by atoms with van der Waals surface area (Å²) in [6.07, 6.45) is -4.91. The molecule has 1 aromatic rings. The summed E-state index contributed by atoms with van der Waals surface area (Å²) in [5.41, 5.74) is -1.00. The third-order valence-corrected chi connectivity index (χ3v) is 1.62. The van der Waals surface area contributed by atoms with E-state index in [0.29, 0.717) is 6.07 Å². The zero-order valence-electron chi connectivity index (χ0n) is 8.09. The molecule has 0 unspecified atom stereocenters. The van der Waals surface area contributed by atoms with E-state index in [1.54, 1.807) is 0 Å². The molecule has 2 N–H and O–H groups in total. The van der Waals surface area contributed by atoms with Crippen LogP contribution >= 0.6 is 0 Å². The van der Waals surface area contributed by atoms with Crippen LogP contribution in [0.2, 0.25) is 0 Å². The predicted molar refractivity (Wildman–Crippen MR) is 46.2 cm³/mol. The molecule has 0 aliphatic carbocycles. The van der Waals surface area contributed by atoms with Gasteiger partial charge in [0.2, 0.25) is 11.3 Å². The molecular formula is C8H8F3NO4. The summed E-state index contributed by atoms with van der Waals surface area (Å²) in [7, 11) is 1.16. The Morgan fingerprint density at radius 1 is 1.50 bits per heavy atom. The lowest BCUT2D eigenvalue weighted by molar-refractivity contribution is -0.276. The maximum atomic E-state index is 11.9. The number of aliphatic hydroxyl groups is 1. The van der Waals surface area contributed by atoms with Gasteiger partial charge in [-0.25, -0.2) is 0 Å². The van der Waals surface area contributed by atoms with Gasteiger partial charge in [0.25, 0.3) is 0 Å². The molecule has 5 nitrogen and oxygen atoms in total. The molecule has 0 saturated heterocycles. The van der Waals surface area contributed by atoms with Crippen molar-refractivity contribution in [3.63, 3.8) is 0 Å². The molecule has 0 aliphatic heterocycles. The van der Waals surface area contributed by atoms with Gasteiger partial charge in [0.15, 0.2) is 5.75 Å². The van der Waals surface area contributed by atoms with E-state index in [1.807, 2.05) is 0 Å². The lowest BCUT2D eigenvalue weighted by Gasteiger charge is -2.11. The second kappa shape index (κ2) is 4.44. The van der Waals surface area contributed by atoms with Crippen molar-refractivity contribution in [2.75, 3.05) is 7.11 Å². The Morgan fingerprint density at radius 3 is 2.56 bits per heavy atom. The van der Waals surface area contributed by atoms with Crippen LogP contribution in [0.1, 0.15) is 5.69 Å². The number of hydrogen-bond donors (Lipinski definition) is 2. The molecule has 1 aromatic heterocycles. The third-order valence-electron chi connectivity index (χ3n) is 1.62. The van der Waals surface area contributed by atoms with E-state index in [4.69, 9.17) is 5.11 Å². The van der Waals surface area contributed by atoms with E-state index in [0.717, 1.165) is 7.11 Å². The molecule has 0 atom stereocenters. The number of aliphatic hydroxyl groups excluding tert-OH is 1. The van der Waals surface area contributed by atoms with Crippen LogP contribution in [0.4, 0.5) is 13.2 Å². The zero-order chi connectivity index (χ0) is 12.3. The molecular weight excluding hydrogens is 231 g/mol. The van der Waals surface area contributed by atoms with Gasteiger partial charge in [-0.2, -0.15) is 0 Å². The number of aromatic amines is 1. The van der Waals surface area contributed by atoms with Gasteiger partial charge in [0, 0.05) is 0 Å². The van der Waals surface area contributed by atoms with Gasteiger partial charge in [-0.1, -0.05) is 0 Å². The highest BCUT2D eigenvalue weighted by molar-refractivity contribution is 5.31. The summed E-state index contributed by atoms with van der Waals surface area (Å²) in [6.45, 7) is -0.673. The van der Waals surface area contributed by atoms with Crippen molar-refractivity contribution in [3.05, 3.63) is 22.0 Å². The van der Waals surface area contributed by atoms with E-state index >= 15 is 0 Å². The summed E-state index contributed by atoms with van der Waals surface area (Å²) in [5.74, 6) is -1.06. The minimum atomic E-state index is -4.91. The Morgan fingerprint density at radius 2 is 2.12 bits per heavy atom. The lowest BCUT2D eigenvalue weighted by atomic mass is 10.3. The first kappa shape index (κ1) is 12.4. The van der Waals surface area contributed by atoms with Crippen LogP contribution in [0.3, 0.4) is 0 Å². The molecule has 0 bridgehead atoms. The molecule has 16 heavy (non-hydrogen) atoms. The third kappa shape index (κ3) is 2.89. The number of alkyl halides is 3. The van der Waals surface area contributed by atoms with Gasteiger partial charge in [-0.3, -0.25) is 4.79 Å². The minimum absolute atomic E-state index is 0.186. The molecule has 0 fully saturated rings. The highest BCUT2D eigenvalue weighted by Crippen LogP contribution is 2.22. The van der Waals surface area contributed by atoms with Crippen LogP contribution in [-0.4, -0.2) is 23.6 Å². The van der Waals surface area contributed by atoms with Gasteiger partial charge >= 0.3 is 6.36 Å². The number of methoxy groups -OCH3 is 1. The van der Waals surface area contributed by atoms with Gasteiger partial charge in [-0.15, -0.1) is 13.2 Å². The quantitative estimate of drug-likeness (QED) is 0.817. The standard InChI is InChI=1S/C8H8F3NO4/c1-15-7-4(3-13)12-6(2-5(7)14)16-8(9,10)11/h2,13H,3H2,1H3,(H,12,14). The van der Waals surface area contributed by atoms with Gasteiger partial charge in [-0.05, 0) is 0 Å². The van der Waals surface area contributed by atoms with Crippen molar-refractivity contribution in [3.8, 4) is 11.6 Å². The second-order valence-corrected chi connectivity index (χ2v) is 2.72. The van der Waals surface area contributed by atoms with Crippen LogP contribution in [0, 0.1) is 0 Å². The Labute approximate surface area is 87.4 Å². The van der Waals surface area contributed by atoms with Crippen LogP contribution in [0.25, 0.3) is 0 Å². The summed E-state index contributed by atoms with van der Waals surface area (Å²) >= 11 is 0. The molecule has 0 radical (unpaired) electrons. The molecule has 1 heterocycles. The predicted octanol–water partition coefficient (Wildman–Crippen LogP) is 0.774. The molecule has 8 heteroatoms. The lowest BCUT2D eigenvalue weighted by Crippen LogP contribution is -2.20. The molecule has 0 aromatic carbocycles. The topological polar surface area (TPSA) is 71.6 Å². The average Bonchev–Trinajstić information content (AvgIpc) is 2.14. The zero-order valence-corrected chi connectivity index (χ0v) is 8.09. The maximum absolute atomic E-state index is 11.9. The second-order valence-electron chi connectivity index (χ2n) is 2.72. The van der Waals surface area contributed by atoms with Crippen LogP contribution in [0.5, 0.6) is 11.6 Å². The van der Waals surface area contributed by atoms with E-state index < -0.39 is 24.3 Å². The monoisotopic (exact) mass is 239 g/mol. The highest BCUT2D eigenvalue weighted by Gasteiger charge is 2.32. The maximum Gasteiger partial charge on any atom is 0.574 e. The number of rotatable bonds is 3. The number of nitrogens with one attached hydrogen (secondary N) is 1. The van der Waals surface area contributed by atoms with Crippen LogP contribution < -0.4 is 14.9 Å². The summed E-state index contributed by atoms with van der Waals surface area (Å²) < 4.78 is 43.7. The number of H-pyrrole nitrogens is 1. The number of pyridine rings is 1. The number of halogens is 3. The molecule has 0 aliphatic rings. The fraction of sp³-hybridized carbons (Fsp3) is 0.375. The average molecular weight is 239 g/mol. The van der Waals surface area contributed by atoms with Gasteiger partial charge < -0.3 is 19.6 Å². The fourth-order valence-corrected chi connectivity index (χ4v) is 1.09. The van der Waals surface area contributed by atoms with Crippen molar-refractivity contribution in [1.82, 2.24) is 4.98 Å². The SMILES string of the molecule is COc1c(CO)[nH]c(OC(F)(F)F)cc1=O. The van der Waals surface area contributed by atoms with Gasteiger partial charge in [0.05, 0.1) is 25.5 Å². The Balaban J connectivity index is 3.16. The van der Waals surface area contributed by atoms with Crippen molar-refractivity contribution < 1.29 is 27.8 Å². The Bertz CT molecular complexity index is 426. The highest BCUT2D eigenvalue weighted by atomic mass is 19.4. The van der Waals surface area contributed by atoms with Crippen molar-refractivity contribution in [1.29, 1.82) is 0 Å². The Kier molecular flexibility index (Phi) is 3.43. The first-order valence-corrected chi connectivity index (χ1v) is 4.04. The van der Waals surface area contributed by atoms with Crippen LogP contribution in [0.15, 0.2) is 10.9 Å². The molecule has 0 saturated carbocycles. The smallest absolute Gasteiger partial charge is 0.491 e. The van der Waals surface area contributed by atoms with Crippen LogP contribution in [-0.2, 0) is 6.61 Å². The molecule has 0 spiro atoms. The summed E-state index contributed by atoms with van der Waals surface area (Å²) in [4.78, 5) is 13.3. The Hall–Kier alpha value is -1.70. The largest absolute Gasteiger partial charge is 0.574 e. The first-order valence-electron chi connectivity index (χ1n) is 4.04. The van der Waals surface area contributed by atoms with E-state index in [1.165, 1.54) is 0 Å². The van der Waals surface area contributed by atoms with E-state index in [9.17, 15) is 18.0 Å². The fourth-order valence-electron chi connectivity index (χ4n) is 1.09. The minimum Gasteiger partial charge on any atom is -0.491 e.